The van der Waals surface area contributed by atoms with Gasteiger partial charge in [-0.05, 0) is 18.4 Å². The van der Waals surface area contributed by atoms with Crippen LogP contribution in [0.15, 0.2) is 48.6 Å². The van der Waals surface area contributed by atoms with Gasteiger partial charge in [-0.15, -0.1) is 0 Å². The summed E-state index contributed by atoms with van der Waals surface area (Å²) in [4.78, 5) is 0. The largest absolute Gasteiger partial charge is 0.0993 e. The molecule has 1 aliphatic rings. The van der Waals surface area contributed by atoms with E-state index in [9.17, 15) is 0 Å². The first-order valence-corrected chi connectivity index (χ1v) is 4.46. The molecule has 0 aromatic carbocycles. The minimum atomic E-state index is 0.554. The van der Waals surface area contributed by atoms with E-state index in [1.54, 1.807) is 0 Å². The summed E-state index contributed by atoms with van der Waals surface area (Å²) in [6.07, 6.45) is 10.6. The highest BCUT2D eigenvalue weighted by atomic mass is 14.1. The van der Waals surface area contributed by atoms with Gasteiger partial charge in [0.15, 0.2) is 0 Å². The second-order valence-electron chi connectivity index (χ2n) is 3.12. The van der Waals surface area contributed by atoms with Crippen molar-refractivity contribution in [2.24, 2.45) is 5.92 Å². The van der Waals surface area contributed by atoms with Crippen molar-refractivity contribution in [2.45, 2.75) is 19.8 Å². The molecule has 0 radical (unpaired) electrons. The van der Waals surface area contributed by atoms with Crippen molar-refractivity contribution in [1.29, 1.82) is 0 Å². The van der Waals surface area contributed by atoms with Crippen molar-refractivity contribution in [3.05, 3.63) is 48.6 Å². The first kappa shape index (κ1) is 9.05. The van der Waals surface area contributed by atoms with Gasteiger partial charge in [-0.2, -0.15) is 0 Å². The maximum atomic E-state index is 4.04. The van der Waals surface area contributed by atoms with Gasteiger partial charge < -0.3 is 0 Å². The highest BCUT2D eigenvalue weighted by molar-refractivity contribution is 5.34. The zero-order chi connectivity index (χ0) is 8.97. The Morgan fingerprint density at radius 2 is 2.50 bits per heavy atom. The Kier molecular flexibility index (Phi) is 3.09. The van der Waals surface area contributed by atoms with E-state index in [0.29, 0.717) is 5.92 Å². The molecular weight excluding hydrogens is 144 g/mol. The number of hydrogen-bond donors (Lipinski definition) is 0. The Labute approximate surface area is 75.0 Å². The van der Waals surface area contributed by atoms with Crippen LogP contribution in [0.2, 0.25) is 0 Å². The number of rotatable bonds is 3. The lowest BCUT2D eigenvalue weighted by Crippen LogP contribution is -2.01. The molecule has 0 aromatic rings. The lowest BCUT2D eigenvalue weighted by atomic mass is 9.89. The summed E-state index contributed by atoms with van der Waals surface area (Å²) < 4.78 is 0. The van der Waals surface area contributed by atoms with Crippen LogP contribution in [-0.4, -0.2) is 0 Å². The predicted molar refractivity (Wildman–Crippen MR) is 55.0 cm³/mol. The van der Waals surface area contributed by atoms with Gasteiger partial charge in [0.1, 0.15) is 0 Å². The third kappa shape index (κ3) is 1.97. The molecule has 1 atom stereocenters. The fraction of sp³-hybridized carbons (Fsp3) is 0.333. The molecule has 12 heavy (non-hydrogen) atoms. The topological polar surface area (TPSA) is 0 Å². The van der Waals surface area contributed by atoms with Gasteiger partial charge in [0.2, 0.25) is 0 Å². The lowest BCUT2D eigenvalue weighted by Gasteiger charge is -2.16. The zero-order valence-electron chi connectivity index (χ0n) is 7.72. The summed E-state index contributed by atoms with van der Waals surface area (Å²) in [5, 5.41) is 0. The molecule has 0 amide bonds. The molecule has 0 aromatic heterocycles. The third-order valence-corrected chi connectivity index (χ3v) is 2.34. The Hall–Kier alpha value is -1.04. The molecule has 1 rings (SSSR count). The molecule has 0 aliphatic heterocycles. The van der Waals surface area contributed by atoms with Crippen LogP contribution in [0.4, 0.5) is 0 Å². The van der Waals surface area contributed by atoms with E-state index >= 15 is 0 Å². The summed E-state index contributed by atoms with van der Waals surface area (Å²) in [7, 11) is 0. The molecule has 0 nitrogen and oxygen atoms in total. The van der Waals surface area contributed by atoms with Crippen molar-refractivity contribution in [2.75, 3.05) is 0 Å². The van der Waals surface area contributed by atoms with Crippen LogP contribution in [0.25, 0.3) is 0 Å². The summed E-state index contributed by atoms with van der Waals surface area (Å²) in [6.45, 7) is 9.93. The molecular formula is C12H16. The van der Waals surface area contributed by atoms with Crippen LogP contribution in [0.1, 0.15) is 19.8 Å². The van der Waals surface area contributed by atoms with Crippen LogP contribution >= 0.6 is 0 Å². The van der Waals surface area contributed by atoms with E-state index in [1.807, 2.05) is 6.08 Å². The Bertz CT molecular complexity index is 241. The summed E-state index contributed by atoms with van der Waals surface area (Å²) in [5.41, 5.74) is 2.56. The first-order chi connectivity index (χ1) is 5.77. The SMILES string of the molecule is C=CC1=CCC(C(=C)CC)C=C1. The Balaban J connectivity index is 2.59. The average Bonchev–Trinajstić information content (AvgIpc) is 2.17. The summed E-state index contributed by atoms with van der Waals surface area (Å²) in [6, 6.07) is 0. The molecule has 0 N–H and O–H groups in total. The van der Waals surface area contributed by atoms with Gasteiger partial charge in [-0.1, -0.05) is 50.0 Å². The second kappa shape index (κ2) is 4.10. The van der Waals surface area contributed by atoms with Gasteiger partial charge >= 0.3 is 0 Å². The molecule has 0 bridgehead atoms. The van der Waals surface area contributed by atoms with Gasteiger partial charge in [0.05, 0.1) is 0 Å². The van der Waals surface area contributed by atoms with Crippen molar-refractivity contribution >= 4 is 0 Å². The summed E-state index contributed by atoms with van der Waals surface area (Å²) in [5.74, 6) is 0.554. The maximum absolute atomic E-state index is 4.04. The highest BCUT2D eigenvalue weighted by Gasteiger charge is 2.08. The third-order valence-electron chi connectivity index (χ3n) is 2.34. The van der Waals surface area contributed by atoms with Crippen LogP contribution in [0.3, 0.4) is 0 Å². The standard InChI is InChI=1S/C12H16/c1-4-10(3)12-8-6-11(5-2)7-9-12/h5-8,12H,2-4,9H2,1H3. The zero-order valence-corrected chi connectivity index (χ0v) is 7.72. The van der Waals surface area contributed by atoms with Gasteiger partial charge in [0.25, 0.3) is 0 Å². The molecule has 0 spiro atoms. The Morgan fingerprint density at radius 3 is 2.92 bits per heavy atom. The van der Waals surface area contributed by atoms with E-state index in [4.69, 9.17) is 0 Å². The fourth-order valence-corrected chi connectivity index (χ4v) is 1.35. The molecule has 0 heteroatoms. The second-order valence-corrected chi connectivity index (χ2v) is 3.12. The van der Waals surface area contributed by atoms with Crippen LogP contribution < -0.4 is 0 Å². The van der Waals surface area contributed by atoms with Gasteiger partial charge in [-0.3, -0.25) is 0 Å². The molecule has 64 valence electrons. The van der Waals surface area contributed by atoms with E-state index in [0.717, 1.165) is 12.8 Å². The number of allylic oxidation sites excluding steroid dienone is 6. The highest BCUT2D eigenvalue weighted by Crippen LogP contribution is 2.24. The van der Waals surface area contributed by atoms with Crippen molar-refractivity contribution in [3.63, 3.8) is 0 Å². The van der Waals surface area contributed by atoms with Crippen molar-refractivity contribution in [3.8, 4) is 0 Å². The molecule has 1 unspecified atom stereocenters. The molecule has 0 saturated heterocycles. The monoisotopic (exact) mass is 160 g/mol. The van der Waals surface area contributed by atoms with Gasteiger partial charge in [-0.25, -0.2) is 0 Å². The number of hydrogen-bond acceptors (Lipinski definition) is 0. The predicted octanol–water partition coefficient (Wildman–Crippen LogP) is 3.64. The van der Waals surface area contributed by atoms with E-state index in [2.05, 4.69) is 38.3 Å². The van der Waals surface area contributed by atoms with E-state index < -0.39 is 0 Å². The molecule has 0 fully saturated rings. The smallest absolute Gasteiger partial charge is 0.00121 e. The molecule has 0 heterocycles. The van der Waals surface area contributed by atoms with Crippen LogP contribution in [0, 0.1) is 5.92 Å². The minimum absolute atomic E-state index is 0.554. The van der Waals surface area contributed by atoms with Crippen LogP contribution in [-0.2, 0) is 0 Å². The Morgan fingerprint density at radius 1 is 1.75 bits per heavy atom. The van der Waals surface area contributed by atoms with E-state index in [1.165, 1.54) is 11.1 Å². The van der Waals surface area contributed by atoms with Gasteiger partial charge in [0, 0.05) is 5.92 Å². The molecule has 1 aliphatic carbocycles. The summed E-state index contributed by atoms with van der Waals surface area (Å²) >= 11 is 0. The van der Waals surface area contributed by atoms with Crippen molar-refractivity contribution in [1.82, 2.24) is 0 Å². The normalized spacial score (nSPS) is 21.8. The lowest BCUT2D eigenvalue weighted by molar-refractivity contribution is 0.733. The average molecular weight is 160 g/mol. The quantitative estimate of drug-likeness (QED) is 0.553. The van der Waals surface area contributed by atoms with E-state index in [-0.39, 0.29) is 0 Å². The molecule has 0 saturated carbocycles. The minimum Gasteiger partial charge on any atom is -0.0993 e. The maximum Gasteiger partial charge on any atom is 0.00121 e. The fourth-order valence-electron chi connectivity index (χ4n) is 1.35. The van der Waals surface area contributed by atoms with Crippen molar-refractivity contribution < 1.29 is 0 Å². The van der Waals surface area contributed by atoms with Crippen LogP contribution in [0.5, 0.6) is 0 Å². The first-order valence-electron chi connectivity index (χ1n) is 4.46.